The van der Waals surface area contributed by atoms with Crippen LogP contribution in [0.3, 0.4) is 0 Å². The topological polar surface area (TPSA) is 72.2 Å². The van der Waals surface area contributed by atoms with Gasteiger partial charge in [0, 0.05) is 16.5 Å². The first kappa shape index (κ1) is 17.1. The molecule has 134 valence electrons. The molecule has 0 saturated heterocycles. The predicted molar refractivity (Wildman–Crippen MR) is 101 cm³/mol. The summed E-state index contributed by atoms with van der Waals surface area (Å²) in [6.07, 6.45) is 3.84. The van der Waals surface area contributed by atoms with Crippen LogP contribution >= 0.6 is 11.6 Å². The van der Waals surface area contributed by atoms with E-state index >= 15 is 0 Å². The highest BCUT2D eigenvalue weighted by atomic mass is 35.5. The maximum Gasteiger partial charge on any atom is 0.262 e. The Balaban J connectivity index is 1.68. The van der Waals surface area contributed by atoms with Crippen LogP contribution in [-0.4, -0.2) is 13.4 Å². The fourth-order valence-electron chi connectivity index (χ4n) is 2.75. The Bertz CT molecular complexity index is 1070. The largest absolute Gasteiger partial charge is 0.440 e. The maximum atomic E-state index is 12.8. The quantitative estimate of drug-likeness (QED) is 0.668. The second kappa shape index (κ2) is 6.45. The number of sulfonamides is 1. The number of aryl methyl sites for hydroxylation is 1. The van der Waals surface area contributed by atoms with Crippen LogP contribution in [0.1, 0.15) is 30.2 Å². The summed E-state index contributed by atoms with van der Waals surface area (Å²) in [6.45, 7) is 1.76. The lowest BCUT2D eigenvalue weighted by molar-refractivity contribution is 0.509. The van der Waals surface area contributed by atoms with E-state index in [0.717, 1.165) is 18.7 Å². The standard InChI is InChI=1S/C19H17ClN2O3S/c1-12-5-6-14(17-11-21-19(25-17)13-7-8-13)9-18(12)26(23,24)22-16-4-2-3-15(20)10-16/h2-6,9-11,13,22H,7-8H2,1H3. The third-order valence-corrected chi connectivity index (χ3v) is 6.05. The monoisotopic (exact) mass is 388 g/mol. The van der Waals surface area contributed by atoms with Crippen molar-refractivity contribution >= 4 is 27.3 Å². The van der Waals surface area contributed by atoms with Crippen molar-refractivity contribution in [1.82, 2.24) is 4.98 Å². The fourth-order valence-corrected chi connectivity index (χ4v) is 4.26. The third kappa shape index (κ3) is 3.48. The second-order valence-electron chi connectivity index (χ2n) is 6.43. The predicted octanol–water partition coefficient (Wildman–Crippen LogP) is 4.98. The summed E-state index contributed by atoms with van der Waals surface area (Å²) in [5.74, 6) is 1.70. The average Bonchev–Trinajstić information content (AvgIpc) is 3.32. The molecule has 0 aliphatic heterocycles. The van der Waals surface area contributed by atoms with Crippen LogP contribution in [0.4, 0.5) is 5.69 Å². The second-order valence-corrected chi connectivity index (χ2v) is 8.52. The van der Waals surface area contributed by atoms with Crippen LogP contribution in [-0.2, 0) is 10.0 Å². The summed E-state index contributed by atoms with van der Waals surface area (Å²) in [7, 11) is -3.76. The van der Waals surface area contributed by atoms with Crippen LogP contribution in [0.15, 0.2) is 58.0 Å². The molecule has 0 bridgehead atoms. The van der Waals surface area contributed by atoms with Crippen LogP contribution < -0.4 is 4.72 Å². The number of oxazole rings is 1. The van der Waals surface area contributed by atoms with E-state index in [2.05, 4.69) is 9.71 Å². The molecule has 0 amide bonds. The lowest BCUT2D eigenvalue weighted by atomic mass is 10.1. The minimum atomic E-state index is -3.76. The van der Waals surface area contributed by atoms with E-state index < -0.39 is 10.0 Å². The van der Waals surface area contributed by atoms with Crippen molar-refractivity contribution in [2.24, 2.45) is 0 Å². The average molecular weight is 389 g/mol. The molecule has 1 heterocycles. The zero-order valence-corrected chi connectivity index (χ0v) is 15.6. The first-order valence-corrected chi connectivity index (χ1v) is 10.1. The Morgan fingerprint density at radius 1 is 1.19 bits per heavy atom. The van der Waals surface area contributed by atoms with Gasteiger partial charge in [-0.1, -0.05) is 29.8 Å². The zero-order valence-electron chi connectivity index (χ0n) is 14.1. The summed E-state index contributed by atoms with van der Waals surface area (Å²) in [5.41, 5.74) is 1.74. The van der Waals surface area contributed by atoms with E-state index in [4.69, 9.17) is 16.0 Å². The number of halogens is 1. The molecule has 1 aliphatic carbocycles. The molecule has 1 N–H and O–H groups in total. The summed E-state index contributed by atoms with van der Waals surface area (Å²) in [6, 6.07) is 11.8. The van der Waals surface area contributed by atoms with Crippen LogP contribution in [0.25, 0.3) is 11.3 Å². The molecule has 1 aromatic heterocycles. The molecule has 1 aliphatic rings. The highest BCUT2D eigenvalue weighted by molar-refractivity contribution is 7.92. The highest BCUT2D eigenvalue weighted by Crippen LogP contribution is 2.40. The Kier molecular flexibility index (Phi) is 4.25. The van der Waals surface area contributed by atoms with Crippen molar-refractivity contribution in [1.29, 1.82) is 0 Å². The minimum Gasteiger partial charge on any atom is -0.440 e. The molecule has 0 radical (unpaired) electrons. The Labute approximate surface area is 157 Å². The van der Waals surface area contributed by atoms with Gasteiger partial charge in [-0.3, -0.25) is 4.72 Å². The molecule has 1 fully saturated rings. The van der Waals surface area contributed by atoms with Gasteiger partial charge < -0.3 is 4.42 Å². The van der Waals surface area contributed by atoms with Gasteiger partial charge in [0.15, 0.2) is 11.7 Å². The molecule has 0 atom stereocenters. The van der Waals surface area contributed by atoms with Crippen molar-refractivity contribution in [2.45, 2.75) is 30.6 Å². The number of hydrogen-bond acceptors (Lipinski definition) is 4. The van der Waals surface area contributed by atoms with Crippen molar-refractivity contribution in [3.05, 3.63) is 65.1 Å². The van der Waals surface area contributed by atoms with Crippen LogP contribution in [0, 0.1) is 6.92 Å². The number of aromatic nitrogens is 1. The molecular weight excluding hydrogens is 372 g/mol. The van der Waals surface area contributed by atoms with Crippen molar-refractivity contribution in [3.63, 3.8) is 0 Å². The van der Waals surface area contributed by atoms with Gasteiger partial charge >= 0.3 is 0 Å². The number of anilines is 1. The molecule has 26 heavy (non-hydrogen) atoms. The normalized spacial score (nSPS) is 14.4. The molecule has 0 unspecified atom stereocenters. The zero-order chi connectivity index (χ0) is 18.3. The molecule has 7 heteroatoms. The highest BCUT2D eigenvalue weighted by Gasteiger charge is 2.29. The van der Waals surface area contributed by atoms with Gasteiger partial charge in [-0.05, 0) is 49.6 Å². The van der Waals surface area contributed by atoms with E-state index in [0.29, 0.717) is 33.5 Å². The van der Waals surface area contributed by atoms with Crippen LogP contribution in [0.2, 0.25) is 5.02 Å². The molecule has 3 aromatic rings. The first-order valence-electron chi connectivity index (χ1n) is 8.27. The fraction of sp³-hybridized carbons (Fsp3) is 0.211. The summed E-state index contributed by atoms with van der Waals surface area (Å²) in [5, 5.41) is 0.463. The summed E-state index contributed by atoms with van der Waals surface area (Å²) < 4.78 is 34.0. The van der Waals surface area contributed by atoms with Crippen molar-refractivity contribution in [3.8, 4) is 11.3 Å². The van der Waals surface area contributed by atoms with Gasteiger partial charge in [0.25, 0.3) is 10.0 Å². The van der Waals surface area contributed by atoms with E-state index in [-0.39, 0.29) is 4.90 Å². The van der Waals surface area contributed by atoms with Gasteiger partial charge in [-0.15, -0.1) is 0 Å². The van der Waals surface area contributed by atoms with Gasteiger partial charge in [0.2, 0.25) is 0 Å². The maximum absolute atomic E-state index is 12.8. The number of nitrogens with one attached hydrogen (secondary N) is 1. The summed E-state index contributed by atoms with van der Waals surface area (Å²) >= 11 is 5.93. The van der Waals surface area contributed by atoms with Gasteiger partial charge in [-0.25, -0.2) is 13.4 Å². The third-order valence-electron chi connectivity index (χ3n) is 4.29. The van der Waals surface area contributed by atoms with Crippen LogP contribution in [0.5, 0.6) is 0 Å². The lowest BCUT2D eigenvalue weighted by Gasteiger charge is -2.11. The Hall–Kier alpha value is -2.31. The smallest absolute Gasteiger partial charge is 0.262 e. The van der Waals surface area contributed by atoms with Gasteiger partial charge in [0.1, 0.15) is 0 Å². The number of nitrogens with zero attached hydrogens (tertiary/aromatic N) is 1. The van der Waals surface area contributed by atoms with Gasteiger partial charge in [0.05, 0.1) is 16.8 Å². The van der Waals surface area contributed by atoms with E-state index in [9.17, 15) is 8.42 Å². The van der Waals surface area contributed by atoms with Gasteiger partial charge in [-0.2, -0.15) is 0 Å². The SMILES string of the molecule is Cc1ccc(-c2cnc(C3CC3)o2)cc1S(=O)(=O)Nc1cccc(Cl)c1. The first-order chi connectivity index (χ1) is 12.4. The van der Waals surface area contributed by atoms with E-state index in [1.54, 1.807) is 49.5 Å². The molecule has 5 nitrogen and oxygen atoms in total. The van der Waals surface area contributed by atoms with Crippen molar-refractivity contribution < 1.29 is 12.8 Å². The van der Waals surface area contributed by atoms with Crippen molar-refractivity contribution in [2.75, 3.05) is 4.72 Å². The Morgan fingerprint density at radius 2 is 2.00 bits per heavy atom. The molecular formula is C19H17ClN2O3S. The number of hydrogen-bond donors (Lipinski definition) is 1. The summed E-state index contributed by atoms with van der Waals surface area (Å²) in [4.78, 5) is 4.49. The molecule has 4 rings (SSSR count). The number of rotatable bonds is 5. The molecule has 0 spiro atoms. The molecule has 1 saturated carbocycles. The minimum absolute atomic E-state index is 0.194. The molecule has 2 aromatic carbocycles. The van der Waals surface area contributed by atoms with E-state index in [1.807, 2.05) is 6.07 Å². The lowest BCUT2D eigenvalue weighted by Crippen LogP contribution is -2.14. The number of benzene rings is 2. The Morgan fingerprint density at radius 3 is 2.73 bits per heavy atom. The van der Waals surface area contributed by atoms with E-state index in [1.165, 1.54) is 0 Å².